The Bertz CT molecular complexity index is 301. The Hall–Kier alpha value is -0.300. The lowest BCUT2D eigenvalue weighted by molar-refractivity contribution is -0.816. The molecule has 0 heterocycles. The van der Waals surface area contributed by atoms with Crippen LogP contribution in [0.25, 0.3) is 0 Å². The molecular formula is C5H12N+. The Balaban J connectivity index is 6.58. The molecule has 36 valence electrons. The number of hydrogen-bond acceptors (Lipinski definition) is 0. The van der Waals surface area contributed by atoms with Crippen LogP contribution in [-0.2, 0) is 0 Å². The van der Waals surface area contributed by atoms with Gasteiger partial charge in [-0.05, 0) is 6.53 Å². The zero-order chi connectivity index (χ0) is 15.2. The van der Waals surface area contributed by atoms with Gasteiger partial charge >= 0.3 is 0 Å². The molecule has 0 aromatic heterocycles. The van der Waals surface area contributed by atoms with E-state index < -0.39 is 38.1 Å². The Morgan fingerprint density at radius 3 is 2.83 bits per heavy atom. The highest BCUT2D eigenvalue weighted by atomic mass is 16.0. The molecule has 1 nitrogen and oxygen atoms in total. The number of hydrogen-bond donors (Lipinski definition) is 0. The lowest BCUT2D eigenvalue weighted by atomic mass is 10.9. The third-order valence-corrected chi connectivity index (χ3v) is 0.168. The minimum Gasteiger partial charge on any atom is -0.305 e. The van der Waals surface area contributed by atoms with E-state index in [2.05, 4.69) is 0 Å². The minimum atomic E-state index is -3.64. The summed E-state index contributed by atoms with van der Waals surface area (Å²) in [6, 6.07) is 0. The smallest absolute Gasteiger partial charge is 0.127 e. The SMILES string of the molecule is [2H]C([2H])=C([2H])[15N+](C([2H])([2H])[2H])(C([2H])([2H])[2H])C([2H])([2H])[2H]. The van der Waals surface area contributed by atoms with Crippen LogP contribution in [0, 0.1) is 0 Å². The first-order valence-corrected chi connectivity index (χ1v) is 1.14. The van der Waals surface area contributed by atoms with E-state index in [4.69, 9.17) is 16.4 Å². The second-order valence-corrected chi connectivity index (χ2v) is 0.783. The van der Waals surface area contributed by atoms with Gasteiger partial charge in [-0.1, -0.05) is 0 Å². The van der Waals surface area contributed by atoms with Crippen molar-refractivity contribution in [1.29, 1.82) is 0 Å². The van der Waals surface area contributed by atoms with E-state index in [0.717, 1.165) is 0 Å². The largest absolute Gasteiger partial charge is 0.305 e. The van der Waals surface area contributed by atoms with Crippen molar-refractivity contribution in [3.8, 4) is 0 Å². The highest BCUT2D eigenvalue weighted by Gasteiger charge is 1.94. The molecule has 0 atom stereocenters. The molecule has 0 fully saturated rings. The van der Waals surface area contributed by atoms with Crippen LogP contribution in [0.2, 0.25) is 0 Å². The number of nitrogens with zero attached hydrogens (tertiary/aromatic N) is 1. The summed E-state index contributed by atoms with van der Waals surface area (Å²) in [5.74, 6) is 0. The second-order valence-electron chi connectivity index (χ2n) is 0.783. The average Bonchev–Trinajstić information content (AvgIpc) is 1.94. The molecule has 0 spiro atoms. The third kappa shape index (κ3) is 3.70. The van der Waals surface area contributed by atoms with Gasteiger partial charge in [-0.15, -0.1) is 0 Å². The van der Waals surface area contributed by atoms with Crippen molar-refractivity contribution in [1.82, 2.24) is 0 Å². The standard InChI is InChI=1S/C5H12N/c1-5-6(2,3)4/h5H,1H2,2-4H3/q+1/i1D2,2D3,3D3,4D3,5D,6+1. The van der Waals surface area contributed by atoms with Crippen LogP contribution in [0.1, 0.15) is 16.4 Å². The lowest BCUT2D eigenvalue weighted by Gasteiger charge is -2.15. The summed E-state index contributed by atoms with van der Waals surface area (Å²) in [4.78, 5) is 0. The van der Waals surface area contributed by atoms with Crippen molar-refractivity contribution < 1.29 is 20.9 Å². The van der Waals surface area contributed by atoms with Gasteiger partial charge in [0.05, 0.1) is 42.2 Å². The molecule has 0 aromatic carbocycles. The van der Waals surface area contributed by atoms with E-state index in [1.54, 1.807) is 0 Å². The monoisotopic (exact) mass is 99.2 g/mol. The molecule has 0 saturated carbocycles. The van der Waals surface area contributed by atoms with E-state index in [1.165, 1.54) is 0 Å². The number of rotatable bonds is 1. The molecule has 1 heteroatoms. The molecule has 0 amide bonds. The normalized spacial score (nSPS) is 46.0. The van der Waals surface area contributed by atoms with E-state index in [0.29, 0.717) is 0 Å². The molecule has 6 heavy (non-hydrogen) atoms. The Labute approximate surface area is 56.3 Å². The highest BCUT2D eigenvalue weighted by Crippen LogP contribution is 1.85. The summed E-state index contributed by atoms with van der Waals surface area (Å²) in [6.45, 7) is -12.4. The van der Waals surface area contributed by atoms with Crippen LogP contribution in [0.5, 0.6) is 0 Å². The van der Waals surface area contributed by atoms with Crippen molar-refractivity contribution in [2.75, 3.05) is 20.9 Å². The molecule has 0 rings (SSSR count). The maximum atomic E-state index is 7.30. The molecule has 0 bridgehead atoms. The van der Waals surface area contributed by atoms with Gasteiger partial charge in [0.25, 0.3) is 0 Å². The van der Waals surface area contributed by atoms with Crippen molar-refractivity contribution in [3.63, 3.8) is 0 Å². The molecule has 0 aliphatic heterocycles. The van der Waals surface area contributed by atoms with Crippen molar-refractivity contribution in [2.45, 2.75) is 0 Å². The van der Waals surface area contributed by atoms with Crippen LogP contribution in [0.15, 0.2) is 12.7 Å². The van der Waals surface area contributed by atoms with Crippen molar-refractivity contribution in [3.05, 3.63) is 12.7 Å². The predicted octanol–water partition coefficient (Wildman–Crippen LogP) is 0.836. The molecule has 0 aliphatic carbocycles. The first kappa shape index (κ1) is 0.451. The van der Waals surface area contributed by atoms with Crippen LogP contribution in [0.4, 0.5) is 0 Å². The fourth-order valence-electron chi connectivity index (χ4n) is 0. The van der Waals surface area contributed by atoms with E-state index in [9.17, 15) is 0 Å². The van der Waals surface area contributed by atoms with Crippen LogP contribution < -0.4 is 0 Å². The molecule has 0 N–H and O–H groups in total. The topological polar surface area (TPSA) is 0 Å². The maximum Gasteiger partial charge on any atom is 0.127 e. The lowest BCUT2D eigenvalue weighted by Crippen LogP contribution is -2.25. The molecular weight excluding hydrogens is 75.1 g/mol. The molecule has 0 aliphatic rings. The first-order valence-electron chi connectivity index (χ1n) is 7.14. The van der Waals surface area contributed by atoms with Crippen molar-refractivity contribution >= 4 is 0 Å². The summed E-state index contributed by atoms with van der Waals surface area (Å²) in [7, 11) is 0. The summed E-state index contributed by atoms with van der Waals surface area (Å²) >= 11 is 0. The van der Waals surface area contributed by atoms with Gasteiger partial charge in [-0.2, -0.15) is 0 Å². The zero-order valence-corrected chi connectivity index (χ0v) is 2.95. The molecule has 0 radical (unpaired) electrons. The van der Waals surface area contributed by atoms with Gasteiger partial charge in [-0.25, -0.2) is 0 Å². The van der Waals surface area contributed by atoms with Gasteiger partial charge in [0.1, 0.15) is 1.37 Å². The van der Waals surface area contributed by atoms with E-state index in [-0.39, 0.29) is 0 Å². The maximum absolute atomic E-state index is 7.30. The van der Waals surface area contributed by atoms with Crippen LogP contribution in [-0.4, -0.2) is 25.4 Å². The Kier molecular flexibility index (Phi) is 0.108. The Morgan fingerprint density at radius 2 is 2.67 bits per heavy atom. The Morgan fingerprint density at radius 1 is 2.00 bits per heavy atom. The molecule has 0 unspecified atom stereocenters. The molecule has 0 aromatic rings. The summed E-state index contributed by atoms with van der Waals surface area (Å²) in [5, 5.41) is 0. The van der Waals surface area contributed by atoms with Gasteiger partial charge in [0, 0.05) is 0 Å². The molecule has 0 saturated heterocycles. The quantitative estimate of drug-likeness (QED) is 0.337. The summed E-state index contributed by atoms with van der Waals surface area (Å²) in [6.07, 6.45) is -1.60. The van der Waals surface area contributed by atoms with Gasteiger partial charge in [0.15, 0.2) is 0 Å². The van der Waals surface area contributed by atoms with Gasteiger partial charge in [0.2, 0.25) is 0 Å². The minimum absolute atomic E-state index is 1.47. The third-order valence-electron chi connectivity index (χ3n) is 0.168. The summed E-state index contributed by atoms with van der Waals surface area (Å²) < 4.78 is 82.6. The van der Waals surface area contributed by atoms with Crippen LogP contribution >= 0.6 is 0 Å². The van der Waals surface area contributed by atoms with Gasteiger partial charge in [-0.3, -0.25) is 0 Å². The van der Waals surface area contributed by atoms with E-state index >= 15 is 0 Å². The van der Waals surface area contributed by atoms with Gasteiger partial charge < -0.3 is 4.48 Å². The fourth-order valence-corrected chi connectivity index (χ4v) is 0. The first-order chi connectivity index (χ1) is 7.60. The summed E-state index contributed by atoms with van der Waals surface area (Å²) in [5.41, 5.74) is 0. The fraction of sp³-hybridized carbons (Fsp3) is 0.600. The van der Waals surface area contributed by atoms with Crippen LogP contribution in [0.3, 0.4) is 0 Å². The number of quaternary nitrogens is 1. The highest BCUT2D eigenvalue weighted by molar-refractivity contribution is 4.46. The van der Waals surface area contributed by atoms with E-state index in [1.807, 2.05) is 0 Å². The predicted molar refractivity (Wildman–Crippen MR) is 28.2 cm³/mol. The second kappa shape index (κ2) is 1.43. The average molecular weight is 99.2 g/mol. The van der Waals surface area contributed by atoms with Crippen molar-refractivity contribution in [2.24, 2.45) is 0 Å². The zero-order valence-electron chi connectivity index (χ0n) is 14.9.